The molecule has 1 amide bonds. The van der Waals surface area contributed by atoms with Gasteiger partial charge >= 0.3 is 5.97 Å². The quantitative estimate of drug-likeness (QED) is 0.407. The molecule has 2 aliphatic rings. The maximum Gasteiger partial charge on any atom is 0.359 e. The number of esters is 1. The fourth-order valence-corrected chi connectivity index (χ4v) is 5.65. The highest BCUT2D eigenvalue weighted by Gasteiger charge is 2.55. The predicted octanol–water partition coefficient (Wildman–Crippen LogP) is 4.05. The van der Waals surface area contributed by atoms with E-state index in [2.05, 4.69) is 10.2 Å². The van der Waals surface area contributed by atoms with Gasteiger partial charge in [0.25, 0.3) is 0 Å². The number of rotatable bonds is 5. The molecule has 3 heterocycles. The molecule has 0 saturated heterocycles. The van der Waals surface area contributed by atoms with Crippen LogP contribution in [-0.2, 0) is 26.5 Å². The average Bonchev–Trinajstić information content (AvgIpc) is 3.03. The van der Waals surface area contributed by atoms with Crippen molar-refractivity contribution in [3.05, 3.63) is 90.4 Å². The molecular weight excluding hydrogens is 482 g/mol. The lowest BCUT2D eigenvalue weighted by Gasteiger charge is -2.49. The van der Waals surface area contributed by atoms with Crippen LogP contribution in [0.5, 0.6) is 0 Å². The molecule has 4 rings (SSSR count). The maximum atomic E-state index is 13.0. The molecule has 2 aliphatic heterocycles. The first-order valence-electron chi connectivity index (χ1n) is 13.1. The third-order valence-electron chi connectivity index (χ3n) is 7.77. The van der Waals surface area contributed by atoms with Gasteiger partial charge in [-0.3, -0.25) is 4.79 Å². The molecule has 2 aromatic rings. The zero-order chi connectivity index (χ0) is 27.2. The molecule has 2 bridgehead atoms. The van der Waals surface area contributed by atoms with E-state index in [0.29, 0.717) is 44.5 Å². The van der Waals surface area contributed by atoms with Crippen molar-refractivity contribution in [1.82, 2.24) is 9.47 Å². The second-order valence-electron chi connectivity index (χ2n) is 10.0. The minimum Gasteiger partial charge on any atom is -0.465 e. The number of methoxy groups -OCH3 is 1. The summed E-state index contributed by atoms with van der Waals surface area (Å²) in [5, 5.41) is 26.5. The topological polar surface area (TPSA) is 104 Å². The number of nitrogens with zero attached hydrogens (tertiary/aromatic N) is 2. The van der Waals surface area contributed by atoms with Gasteiger partial charge in [-0.1, -0.05) is 49.4 Å². The van der Waals surface area contributed by atoms with Crippen molar-refractivity contribution in [2.45, 2.75) is 50.9 Å². The predicted molar refractivity (Wildman–Crippen MR) is 145 cm³/mol. The second-order valence-corrected chi connectivity index (χ2v) is 10.0. The standard InChI is InChI=1S/C30H37N3O5/c1-3-29-17-11-18-32(21-16-25(34)31-24-13-8-6-9-14-24)20-15-23-12-7-4-5-10-19-33(26(23)27(29)35)30(37,22-29)28(36)38-2/h4-10,12-14,16,19,21,27,35,37H,3,11,15,17-18,20,22H2,1-2H3,(H,31,34)/b5-4?,12-7?,19-10?,21-16-,26-23?. The monoisotopic (exact) mass is 519 g/mol. The van der Waals surface area contributed by atoms with E-state index in [1.807, 2.05) is 61.7 Å². The number of carbonyl (C=O) groups is 2. The lowest BCUT2D eigenvalue weighted by Crippen LogP contribution is -2.54. The molecule has 1 aromatic heterocycles. The first-order chi connectivity index (χ1) is 18.3. The van der Waals surface area contributed by atoms with E-state index in [1.165, 1.54) is 17.8 Å². The first kappa shape index (κ1) is 27.4. The summed E-state index contributed by atoms with van der Waals surface area (Å²) in [6, 6.07) is 18.5. The number of aliphatic hydroxyl groups excluding tert-OH is 1. The van der Waals surface area contributed by atoms with E-state index >= 15 is 0 Å². The van der Waals surface area contributed by atoms with Gasteiger partial charge in [-0.15, -0.1) is 0 Å². The molecule has 8 nitrogen and oxygen atoms in total. The summed E-state index contributed by atoms with van der Waals surface area (Å²) in [4.78, 5) is 27.6. The molecule has 3 unspecified atom stereocenters. The number of hydrogen-bond donors (Lipinski definition) is 3. The number of aromatic nitrogens is 1. The number of benzene rings is 1. The van der Waals surface area contributed by atoms with Crippen molar-refractivity contribution in [1.29, 1.82) is 0 Å². The summed E-state index contributed by atoms with van der Waals surface area (Å²) in [5.41, 5.74) is -0.628. The lowest BCUT2D eigenvalue weighted by atomic mass is 9.66. The van der Waals surface area contributed by atoms with Crippen molar-refractivity contribution >= 4 is 17.6 Å². The van der Waals surface area contributed by atoms with Gasteiger partial charge in [-0.05, 0) is 49.4 Å². The van der Waals surface area contributed by atoms with Crippen molar-refractivity contribution in [3.63, 3.8) is 0 Å². The molecule has 38 heavy (non-hydrogen) atoms. The third kappa shape index (κ3) is 5.61. The number of hydrogen-bond acceptors (Lipinski definition) is 6. The van der Waals surface area contributed by atoms with Gasteiger partial charge in [-0.2, -0.15) is 0 Å². The van der Waals surface area contributed by atoms with E-state index in [0.717, 1.165) is 11.3 Å². The number of fused-ring (bicyclic) bond motifs is 1. The molecule has 0 radical (unpaired) electrons. The minimum atomic E-state index is -1.94. The zero-order valence-electron chi connectivity index (χ0n) is 22.0. The summed E-state index contributed by atoms with van der Waals surface area (Å²) < 4.78 is 6.55. The molecule has 0 saturated carbocycles. The average molecular weight is 520 g/mol. The first-order valence-corrected chi connectivity index (χ1v) is 13.1. The number of carbonyl (C=O) groups excluding carboxylic acids is 2. The summed E-state index contributed by atoms with van der Waals surface area (Å²) in [6.07, 6.45) is 6.54. The fourth-order valence-electron chi connectivity index (χ4n) is 5.65. The van der Waals surface area contributed by atoms with Crippen molar-refractivity contribution in [3.8, 4) is 0 Å². The van der Waals surface area contributed by atoms with Gasteiger partial charge in [0, 0.05) is 49.1 Å². The van der Waals surface area contributed by atoms with E-state index < -0.39 is 23.2 Å². The van der Waals surface area contributed by atoms with Gasteiger partial charge < -0.3 is 29.7 Å². The summed E-state index contributed by atoms with van der Waals surface area (Å²) in [6.45, 7) is 3.23. The molecular formula is C30H37N3O5. The number of ether oxygens (including phenoxy) is 1. The minimum absolute atomic E-state index is 0.0359. The van der Waals surface area contributed by atoms with Gasteiger partial charge in [0.15, 0.2) is 0 Å². The molecule has 8 heteroatoms. The number of nitrogens with one attached hydrogen (secondary N) is 1. The molecule has 202 valence electrons. The maximum absolute atomic E-state index is 13.0. The SMILES string of the molecule is CCC12CCCN(/C=C\C(=O)Nc3ccccc3)CCc3ccccccn(c3C1O)C(O)(C(=O)OC)C2. The Bertz CT molecular complexity index is 1230. The van der Waals surface area contributed by atoms with Crippen LogP contribution in [-0.4, -0.2) is 51.8 Å². The van der Waals surface area contributed by atoms with E-state index in [4.69, 9.17) is 4.74 Å². The van der Waals surface area contributed by atoms with Crippen LogP contribution in [0.2, 0.25) is 0 Å². The zero-order valence-corrected chi connectivity index (χ0v) is 22.0. The molecule has 0 aliphatic carbocycles. The number of para-hydroxylation sites is 1. The van der Waals surface area contributed by atoms with E-state index in [-0.39, 0.29) is 12.3 Å². The smallest absolute Gasteiger partial charge is 0.359 e. The van der Waals surface area contributed by atoms with Gasteiger partial charge in [0.1, 0.15) is 6.10 Å². The van der Waals surface area contributed by atoms with Gasteiger partial charge in [0.05, 0.1) is 12.8 Å². The van der Waals surface area contributed by atoms with Crippen LogP contribution in [0.1, 0.15) is 50.0 Å². The highest BCUT2D eigenvalue weighted by Crippen LogP contribution is 2.53. The Kier molecular flexibility index (Phi) is 8.54. The second kappa shape index (κ2) is 11.8. The Labute approximate surface area is 223 Å². The van der Waals surface area contributed by atoms with Crippen LogP contribution >= 0.6 is 0 Å². The Hall–Kier alpha value is -3.62. The van der Waals surface area contributed by atoms with Crippen molar-refractivity contribution in [2.24, 2.45) is 5.41 Å². The fraction of sp³-hybridized carbons (Fsp3) is 0.400. The highest BCUT2D eigenvalue weighted by atomic mass is 16.5. The largest absolute Gasteiger partial charge is 0.465 e. The molecule has 3 N–H and O–H groups in total. The Morgan fingerprint density at radius 3 is 2.55 bits per heavy atom. The van der Waals surface area contributed by atoms with Crippen LogP contribution in [0.15, 0.2) is 79.1 Å². The lowest BCUT2D eigenvalue weighted by molar-refractivity contribution is -0.195. The molecule has 0 spiro atoms. The summed E-state index contributed by atoms with van der Waals surface area (Å²) >= 11 is 0. The van der Waals surface area contributed by atoms with Crippen LogP contribution in [0.25, 0.3) is 0 Å². The Morgan fingerprint density at radius 2 is 1.82 bits per heavy atom. The van der Waals surface area contributed by atoms with E-state index in [9.17, 15) is 19.8 Å². The number of anilines is 1. The normalized spacial score (nSPS) is 24.8. The van der Waals surface area contributed by atoms with Crippen molar-refractivity contribution in [2.75, 3.05) is 25.5 Å². The number of aliphatic hydroxyl groups is 2. The Morgan fingerprint density at radius 1 is 1.11 bits per heavy atom. The number of amides is 1. The molecule has 0 fully saturated rings. The van der Waals surface area contributed by atoms with Crippen LogP contribution in [0, 0.1) is 5.41 Å². The summed E-state index contributed by atoms with van der Waals surface area (Å²) in [7, 11) is 1.27. The van der Waals surface area contributed by atoms with Crippen molar-refractivity contribution < 1.29 is 24.5 Å². The van der Waals surface area contributed by atoms with Crippen LogP contribution in [0.4, 0.5) is 5.69 Å². The van der Waals surface area contributed by atoms with Crippen LogP contribution < -0.4 is 5.32 Å². The summed E-state index contributed by atoms with van der Waals surface area (Å²) in [5.74, 6) is -0.957. The third-order valence-corrected chi connectivity index (χ3v) is 7.77. The van der Waals surface area contributed by atoms with Gasteiger partial charge in [-0.25, -0.2) is 4.79 Å². The highest BCUT2D eigenvalue weighted by molar-refractivity contribution is 5.99. The van der Waals surface area contributed by atoms with Crippen LogP contribution in [0.3, 0.4) is 0 Å². The molecule has 3 atom stereocenters. The molecule has 1 aromatic carbocycles. The van der Waals surface area contributed by atoms with E-state index in [1.54, 1.807) is 18.3 Å². The Balaban J connectivity index is 1.73. The van der Waals surface area contributed by atoms with Gasteiger partial charge in [0.2, 0.25) is 11.6 Å².